The van der Waals surface area contributed by atoms with E-state index in [1.165, 1.54) is 0 Å². The summed E-state index contributed by atoms with van der Waals surface area (Å²) in [5.74, 6) is 0. The summed E-state index contributed by atoms with van der Waals surface area (Å²) in [6.45, 7) is 10.0. The average molecular weight is 74.2 g/mol. The molecule has 34 valence electrons. The molecule has 0 rings (SSSR count). The molecule has 0 saturated heterocycles. The van der Waals surface area contributed by atoms with E-state index in [9.17, 15) is 0 Å². The molecule has 5 heavy (non-hydrogen) atoms. The summed E-state index contributed by atoms with van der Waals surface area (Å²) in [6.07, 6.45) is 0. The third-order valence-electron chi connectivity index (χ3n) is 0. The number of hydrogen-bond donors (Lipinski definition) is 0. The van der Waals surface area contributed by atoms with E-state index in [1.54, 1.807) is 0 Å². The first-order valence-corrected chi connectivity index (χ1v) is 1.50. The molecule has 0 aliphatic rings. The van der Waals surface area contributed by atoms with Crippen LogP contribution in [0.4, 0.5) is 0 Å². The molecule has 0 radical (unpaired) electrons. The summed E-state index contributed by atoms with van der Waals surface area (Å²) in [4.78, 5) is 0. The maximum absolute atomic E-state index is 3.00. The highest BCUT2D eigenvalue weighted by Crippen LogP contribution is 1.14. The zero-order chi connectivity index (χ0) is 4.00. The van der Waals surface area contributed by atoms with Gasteiger partial charge in [0, 0.05) is 0 Å². The molecule has 0 heterocycles. The van der Waals surface area contributed by atoms with Crippen molar-refractivity contribution in [2.75, 3.05) is 0 Å². The van der Waals surface area contributed by atoms with Crippen LogP contribution in [0.3, 0.4) is 0 Å². The maximum atomic E-state index is 3.00. The second-order valence-electron chi connectivity index (χ2n) is 0. The van der Waals surface area contributed by atoms with Gasteiger partial charge in [-0.15, -0.1) is 13.2 Å². The fourth-order valence-corrected chi connectivity index (χ4v) is 0. The van der Waals surface area contributed by atoms with Crippen LogP contribution < -0.4 is 0 Å². The molecule has 0 nitrogen and oxygen atoms in total. The molecule has 0 heteroatoms. The molecule has 0 aromatic rings. The van der Waals surface area contributed by atoms with Crippen molar-refractivity contribution in [3.8, 4) is 0 Å². The molecular formula is C5H14. The van der Waals surface area contributed by atoms with Crippen LogP contribution in [0, 0.1) is 0 Å². The van der Waals surface area contributed by atoms with Crippen LogP contribution in [0.1, 0.15) is 21.3 Å². The Kier molecular flexibility index (Phi) is 1820. The Morgan fingerprint density at radius 1 is 1.00 bits per heavy atom. The molecule has 0 bridgehead atoms. The van der Waals surface area contributed by atoms with Crippen LogP contribution >= 0.6 is 0 Å². The summed E-state index contributed by atoms with van der Waals surface area (Å²) in [5, 5.41) is 0. The van der Waals surface area contributed by atoms with Crippen molar-refractivity contribution in [1.29, 1.82) is 0 Å². The predicted octanol–water partition coefficient (Wildman–Crippen LogP) is 2.46. The van der Waals surface area contributed by atoms with E-state index in [0.29, 0.717) is 0 Å². The van der Waals surface area contributed by atoms with Crippen LogP contribution in [-0.4, -0.2) is 0 Å². The van der Waals surface area contributed by atoms with Gasteiger partial charge < -0.3 is 0 Å². The van der Waals surface area contributed by atoms with Gasteiger partial charge in [-0.2, -0.15) is 0 Å². The van der Waals surface area contributed by atoms with Crippen molar-refractivity contribution in [3.05, 3.63) is 13.2 Å². The molecule has 0 aromatic carbocycles. The quantitative estimate of drug-likeness (QED) is 0.387. The second kappa shape index (κ2) is 415. The van der Waals surface area contributed by atoms with Gasteiger partial charge in [0.15, 0.2) is 0 Å². The van der Waals surface area contributed by atoms with Gasteiger partial charge in [-0.3, -0.25) is 0 Å². The molecule has 0 fully saturated rings. The molecule has 0 aromatic heterocycles. The van der Waals surface area contributed by atoms with Crippen molar-refractivity contribution in [2.45, 2.75) is 21.3 Å². The Morgan fingerprint density at radius 3 is 1.00 bits per heavy atom. The highest BCUT2D eigenvalue weighted by Gasteiger charge is 0.932. The van der Waals surface area contributed by atoms with E-state index in [0.717, 1.165) is 0 Å². The van der Waals surface area contributed by atoms with Crippen LogP contribution in [0.15, 0.2) is 13.2 Å². The summed E-state index contributed by atoms with van der Waals surface area (Å²) in [7, 11) is 0. The maximum Gasteiger partial charge on any atom is -0.0683 e. The highest BCUT2D eigenvalue weighted by atomic mass is 13.0. The SMILES string of the molecule is C.C=C.CC. The van der Waals surface area contributed by atoms with E-state index in [2.05, 4.69) is 13.2 Å². The molecule has 0 N–H and O–H groups in total. The van der Waals surface area contributed by atoms with Crippen molar-refractivity contribution >= 4 is 0 Å². The minimum atomic E-state index is 0. The van der Waals surface area contributed by atoms with E-state index >= 15 is 0 Å². The normalized spacial score (nSPS) is 2.00. The third-order valence-corrected chi connectivity index (χ3v) is 0. The van der Waals surface area contributed by atoms with Gasteiger partial charge in [0.2, 0.25) is 0 Å². The van der Waals surface area contributed by atoms with E-state index in [1.807, 2.05) is 13.8 Å². The molecule has 0 atom stereocenters. The van der Waals surface area contributed by atoms with Gasteiger partial charge in [-0.05, 0) is 0 Å². The summed E-state index contributed by atoms with van der Waals surface area (Å²) < 4.78 is 0. The minimum Gasteiger partial charge on any atom is -0.106 e. The second-order valence-corrected chi connectivity index (χ2v) is 0. The van der Waals surface area contributed by atoms with Gasteiger partial charge in [0.25, 0.3) is 0 Å². The number of rotatable bonds is 0. The lowest BCUT2D eigenvalue weighted by atomic mass is 11.0. The average Bonchev–Trinajstić information content (AvgIpc) is 1.50. The first kappa shape index (κ1) is 21.9. The topological polar surface area (TPSA) is 0 Å². The lowest BCUT2D eigenvalue weighted by molar-refractivity contribution is 1.50. The van der Waals surface area contributed by atoms with Gasteiger partial charge in [0.1, 0.15) is 0 Å². The van der Waals surface area contributed by atoms with Gasteiger partial charge in [0.05, 0.1) is 0 Å². The molecule has 0 aliphatic heterocycles. The Bertz CT molecular complexity index is 0. The van der Waals surface area contributed by atoms with E-state index in [-0.39, 0.29) is 7.43 Å². The van der Waals surface area contributed by atoms with Crippen molar-refractivity contribution in [1.82, 2.24) is 0 Å². The van der Waals surface area contributed by atoms with Gasteiger partial charge in [-0.1, -0.05) is 21.3 Å². The number of hydrogen-bond acceptors (Lipinski definition) is 0. The standard InChI is InChI=1S/C2H6.C2H4.CH4/c2*1-2;/h1-2H3;1-2H2;1H4. The summed E-state index contributed by atoms with van der Waals surface area (Å²) >= 11 is 0. The predicted molar refractivity (Wildman–Crippen MR) is 29.3 cm³/mol. The lowest BCUT2D eigenvalue weighted by Gasteiger charge is -1.07. The van der Waals surface area contributed by atoms with E-state index < -0.39 is 0 Å². The highest BCUT2D eigenvalue weighted by molar-refractivity contribution is 4.22. The molecule has 0 spiro atoms. The van der Waals surface area contributed by atoms with Gasteiger partial charge >= 0.3 is 0 Å². The fourth-order valence-electron chi connectivity index (χ4n) is 0. The van der Waals surface area contributed by atoms with Crippen LogP contribution in [0.2, 0.25) is 0 Å². The van der Waals surface area contributed by atoms with Gasteiger partial charge in [-0.25, -0.2) is 0 Å². The van der Waals surface area contributed by atoms with Crippen LogP contribution in [0.5, 0.6) is 0 Å². The first-order valence-electron chi connectivity index (χ1n) is 1.50. The van der Waals surface area contributed by atoms with E-state index in [4.69, 9.17) is 0 Å². The Labute approximate surface area is 35.5 Å². The molecule has 0 aliphatic carbocycles. The fraction of sp³-hybridized carbons (Fsp3) is 0.600. The molecule has 0 unspecified atom stereocenters. The lowest BCUT2D eigenvalue weighted by Crippen LogP contribution is -0.856. The molecular weight excluding hydrogens is 60.1 g/mol. The monoisotopic (exact) mass is 74.1 g/mol. The Morgan fingerprint density at radius 2 is 1.00 bits per heavy atom. The summed E-state index contributed by atoms with van der Waals surface area (Å²) in [5.41, 5.74) is 0. The van der Waals surface area contributed by atoms with Crippen molar-refractivity contribution < 1.29 is 0 Å². The van der Waals surface area contributed by atoms with Crippen LogP contribution in [0.25, 0.3) is 0 Å². The molecule has 0 saturated carbocycles. The molecule has 0 amide bonds. The summed E-state index contributed by atoms with van der Waals surface area (Å²) in [6, 6.07) is 0. The Balaban J connectivity index is -0.0000000133. The Hall–Kier alpha value is -0.260. The minimum absolute atomic E-state index is 0. The zero-order valence-corrected chi connectivity index (χ0v) is 3.41. The van der Waals surface area contributed by atoms with Crippen molar-refractivity contribution in [3.63, 3.8) is 0 Å². The largest absolute Gasteiger partial charge is 0.106 e. The van der Waals surface area contributed by atoms with Crippen molar-refractivity contribution in [2.24, 2.45) is 0 Å². The zero-order valence-electron chi connectivity index (χ0n) is 3.41. The van der Waals surface area contributed by atoms with Crippen LogP contribution in [-0.2, 0) is 0 Å². The third kappa shape index (κ3) is 168. The first-order chi connectivity index (χ1) is 2.00. The smallest absolute Gasteiger partial charge is 0.0683 e.